The van der Waals surface area contributed by atoms with Gasteiger partial charge in [-0.25, -0.2) is 0 Å². The third-order valence-electron chi connectivity index (χ3n) is 2.78. The molecule has 1 saturated carbocycles. The average Bonchev–Trinajstić information content (AvgIpc) is 3.09. The first-order valence-corrected chi connectivity index (χ1v) is 6.51. The normalized spacial score (nSPS) is 20.6. The van der Waals surface area contributed by atoms with Crippen molar-refractivity contribution in [2.45, 2.75) is 37.5 Å². The quantitative estimate of drug-likeness (QED) is 0.726. The molecule has 0 aromatic rings. The molecule has 0 aliphatic heterocycles. The summed E-state index contributed by atoms with van der Waals surface area (Å²) >= 11 is 1.40. The zero-order valence-electron chi connectivity index (χ0n) is 9.69. The van der Waals surface area contributed by atoms with E-state index < -0.39 is 5.54 Å². The van der Waals surface area contributed by atoms with Crippen LogP contribution in [0.4, 0.5) is 0 Å². The fourth-order valence-electron chi connectivity index (χ4n) is 1.48. The molecule has 2 N–H and O–H groups in total. The summed E-state index contributed by atoms with van der Waals surface area (Å²) < 4.78 is 0. The van der Waals surface area contributed by atoms with Crippen LogP contribution >= 0.6 is 11.8 Å². The summed E-state index contributed by atoms with van der Waals surface area (Å²) in [5, 5.41) is 20.7. The van der Waals surface area contributed by atoms with Crippen molar-refractivity contribution in [2.24, 2.45) is 5.92 Å². The maximum absolute atomic E-state index is 11.6. The molecular formula is C11H18N2O2S. The summed E-state index contributed by atoms with van der Waals surface area (Å²) in [6.07, 6.45) is 2.04. The van der Waals surface area contributed by atoms with E-state index in [2.05, 4.69) is 11.4 Å². The fraction of sp³-hybridized carbons (Fsp3) is 0.818. The molecule has 5 heteroatoms. The summed E-state index contributed by atoms with van der Waals surface area (Å²) in [7, 11) is 0. The first-order chi connectivity index (χ1) is 7.51. The fourth-order valence-corrected chi connectivity index (χ4v) is 2.09. The lowest BCUT2D eigenvalue weighted by atomic mass is 9.98. The van der Waals surface area contributed by atoms with E-state index in [4.69, 9.17) is 10.4 Å². The molecule has 1 rings (SSSR count). The highest BCUT2D eigenvalue weighted by Gasteiger charge is 2.42. The SMILES string of the molecule is C[C@@H](CO)SCC(=O)N[C@](C)(C#N)C1CC1. The Kier molecular flexibility index (Phi) is 4.63. The summed E-state index contributed by atoms with van der Waals surface area (Å²) in [5.74, 6) is 0.481. The summed E-state index contributed by atoms with van der Waals surface area (Å²) in [4.78, 5) is 11.6. The number of hydrogen-bond donors (Lipinski definition) is 2. The number of nitrogens with one attached hydrogen (secondary N) is 1. The molecule has 0 saturated heterocycles. The molecule has 90 valence electrons. The molecule has 0 radical (unpaired) electrons. The molecule has 0 unspecified atom stereocenters. The van der Waals surface area contributed by atoms with E-state index in [9.17, 15) is 4.79 Å². The third kappa shape index (κ3) is 3.69. The molecule has 16 heavy (non-hydrogen) atoms. The molecular weight excluding hydrogens is 224 g/mol. The van der Waals surface area contributed by atoms with Crippen molar-refractivity contribution >= 4 is 17.7 Å². The van der Waals surface area contributed by atoms with Gasteiger partial charge in [0.05, 0.1) is 18.4 Å². The van der Waals surface area contributed by atoms with Crippen molar-refractivity contribution in [3.8, 4) is 6.07 Å². The molecule has 1 amide bonds. The van der Waals surface area contributed by atoms with E-state index in [-0.39, 0.29) is 17.8 Å². The Hall–Kier alpha value is -0.730. The van der Waals surface area contributed by atoms with Crippen LogP contribution in [0.15, 0.2) is 0 Å². The van der Waals surface area contributed by atoms with E-state index in [0.29, 0.717) is 11.7 Å². The maximum Gasteiger partial charge on any atom is 0.231 e. The zero-order chi connectivity index (χ0) is 12.2. The van der Waals surface area contributed by atoms with E-state index in [1.807, 2.05) is 6.92 Å². The van der Waals surface area contributed by atoms with Crippen LogP contribution in [0.2, 0.25) is 0 Å². The number of carbonyl (C=O) groups is 1. The monoisotopic (exact) mass is 242 g/mol. The van der Waals surface area contributed by atoms with Crippen molar-refractivity contribution < 1.29 is 9.90 Å². The molecule has 0 aromatic carbocycles. The van der Waals surface area contributed by atoms with Gasteiger partial charge >= 0.3 is 0 Å². The van der Waals surface area contributed by atoms with Crippen molar-refractivity contribution in [3.63, 3.8) is 0 Å². The Morgan fingerprint density at radius 3 is 2.81 bits per heavy atom. The number of amides is 1. The number of nitriles is 1. The van der Waals surface area contributed by atoms with Gasteiger partial charge in [0.1, 0.15) is 5.54 Å². The predicted molar refractivity (Wildman–Crippen MR) is 63.9 cm³/mol. The zero-order valence-corrected chi connectivity index (χ0v) is 10.5. The first kappa shape index (κ1) is 13.3. The van der Waals surface area contributed by atoms with Gasteiger partial charge in [-0.15, -0.1) is 11.8 Å². The summed E-state index contributed by atoms with van der Waals surface area (Å²) in [5.41, 5.74) is -0.708. The van der Waals surface area contributed by atoms with Gasteiger partial charge in [-0.1, -0.05) is 6.92 Å². The third-order valence-corrected chi connectivity index (χ3v) is 3.93. The van der Waals surface area contributed by atoms with Gasteiger partial charge in [-0.05, 0) is 25.7 Å². The smallest absolute Gasteiger partial charge is 0.231 e. The highest BCUT2D eigenvalue weighted by molar-refractivity contribution is 8.00. The number of rotatable bonds is 6. The van der Waals surface area contributed by atoms with E-state index >= 15 is 0 Å². The number of nitrogens with zero attached hydrogens (tertiary/aromatic N) is 1. The Balaban J connectivity index is 2.35. The van der Waals surface area contributed by atoms with Gasteiger partial charge in [-0.2, -0.15) is 5.26 Å². The van der Waals surface area contributed by atoms with Crippen LogP contribution < -0.4 is 5.32 Å². The minimum absolute atomic E-state index is 0.0556. The van der Waals surface area contributed by atoms with Crippen LogP contribution in [-0.4, -0.2) is 34.2 Å². The minimum Gasteiger partial charge on any atom is -0.395 e. The van der Waals surface area contributed by atoms with Gasteiger partial charge < -0.3 is 10.4 Å². The van der Waals surface area contributed by atoms with Crippen LogP contribution in [0, 0.1) is 17.2 Å². The molecule has 0 bridgehead atoms. The largest absolute Gasteiger partial charge is 0.395 e. The lowest BCUT2D eigenvalue weighted by Gasteiger charge is -2.23. The van der Waals surface area contributed by atoms with Crippen molar-refractivity contribution in [3.05, 3.63) is 0 Å². The number of carbonyl (C=O) groups excluding carboxylic acids is 1. The van der Waals surface area contributed by atoms with Crippen molar-refractivity contribution in [1.82, 2.24) is 5.32 Å². The van der Waals surface area contributed by atoms with Crippen LogP contribution in [0.1, 0.15) is 26.7 Å². The number of thioether (sulfide) groups is 1. The summed E-state index contributed by atoms with van der Waals surface area (Å²) in [6, 6.07) is 2.18. The molecule has 1 aliphatic rings. The van der Waals surface area contributed by atoms with E-state index in [0.717, 1.165) is 12.8 Å². The van der Waals surface area contributed by atoms with Crippen molar-refractivity contribution in [2.75, 3.05) is 12.4 Å². The Morgan fingerprint density at radius 1 is 1.75 bits per heavy atom. The molecule has 1 aliphatic carbocycles. The highest BCUT2D eigenvalue weighted by Crippen LogP contribution is 2.39. The maximum atomic E-state index is 11.6. The molecule has 1 fully saturated rings. The molecule has 0 spiro atoms. The lowest BCUT2D eigenvalue weighted by molar-refractivity contribution is -0.119. The second-order valence-electron chi connectivity index (χ2n) is 4.44. The van der Waals surface area contributed by atoms with Gasteiger partial charge in [-0.3, -0.25) is 4.79 Å². The molecule has 0 aromatic heterocycles. The Bertz CT molecular complexity index is 299. The van der Waals surface area contributed by atoms with Gasteiger partial charge in [0.25, 0.3) is 0 Å². The number of hydrogen-bond acceptors (Lipinski definition) is 4. The van der Waals surface area contributed by atoms with Crippen LogP contribution in [0.25, 0.3) is 0 Å². The number of aliphatic hydroxyl groups is 1. The number of aliphatic hydroxyl groups excluding tert-OH is 1. The van der Waals surface area contributed by atoms with Gasteiger partial charge in [0.15, 0.2) is 0 Å². The second kappa shape index (κ2) is 5.55. The van der Waals surface area contributed by atoms with Gasteiger partial charge in [0.2, 0.25) is 5.91 Å². The first-order valence-electron chi connectivity index (χ1n) is 5.46. The highest BCUT2D eigenvalue weighted by atomic mass is 32.2. The lowest BCUT2D eigenvalue weighted by Crippen LogP contribution is -2.47. The summed E-state index contributed by atoms with van der Waals surface area (Å²) in [6.45, 7) is 3.71. The van der Waals surface area contributed by atoms with E-state index in [1.165, 1.54) is 11.8 Å². The van der Waals surface area contributed by atoms with Crippen LogP contribution in [-0.2, 0) is 4.79 Å². The average molecular weight is 242 g/mol. The Morgan fingerprint density at radius 2 is 2.38 bits per heavy atom. The van der Waals surface area contributed by atoms with Crippen molar-refractivity contribution in [1.29, 1.82) is 5.26 Å². The molecule has 4 nitrogen and oxygen atoms in total. The van der Waals surface area contributed by atoms with Crippen LogP contribution in [0.3, 0.4) is 0 Å². The minimum atomic E-state index is -0.708. The second-order valence-corrected chi connectivity index (χ2v) is 5.87. The molecule has 0 heterocycles. The predicted octanol–water partition coefficient (Wildman–Crippen LogP) is 0.909. The Labute approximate surface area is 100 Å². The topological polar surface area (TPSA) is 73.1 Å². The van der Waals surface area contributed by atoms with Gasteiger partial charge in [0, 0.05) is 5.25 Å². The molecule has 2 atom stereocenters. The van der Waals surface area contributed by atoms with E-state index in [1.54, 1.807) is 6.92 Å². The standard InChI is InChI=1S/C11H18N2O2S/c1-8(5-14)16-6-10(15)13-11(2,7-12)9-3-4-9/h8-9,14H,3-6H2,1-2H3,(H,13,15)/t8-,11+/m0/s1. The van der Waals surface area contributed by atoms with Crippen LogP contribution in [0.5, 0.6) is 0 Å².